The van der Waals surface area contributed by atoms with Crippen molar-refractivity contribution in [2.45, 2.75) is 23.6 Å². The van der Waals surface area contributed by atoms with Crippen molar-refractivity contribution in [1.29, 1.82) is 0 Å². The summed E-state index contributed by atoms with van der Waals surface area (Å²) in [5.74, 6) is -0.133. The van der Waals surface area contributed by atoms with Crippen LogP contribution >= 0.6 is 22.7 Å². The average Bonchev–Trinajstić information content (AvgIpc) is 3.05. The van der Waals surface area contributed by atoms with E-state index in [1.54, 1.807) is 12.5 Å². The average molecular weight is 354 g/mol. The Labute approximate surface area is 136 Å². The molecule has 0 aliphatic carbocycles. The van der Waals surface area contributed by atoms with Gasteiger partial charge in [-0.05, 0) is 24.6 Å². The van der Waals surface area contributed by atoms with Gasteiger partial charge < -0.3 is 4.74 Å². The second-order valence-corrected chi connectivity index (χ2v) is 9.01. The van der Waals surface area contributed by atoms with Gasteiger partial charge in [-0.15, -0.1) is 22.7 Å². The number of hydrogen-bond acceptors (Lipinski definition) is 7. The van der Waals surface area contributed by atoms with Crippen LogP contribution < -0.4 is 0 Å². The first-order valence-electron chi connectivity index (χ1n) is 6.50. The molecule has 8 heteroatoms. The number of aryl methyl sites for hydroxylation is 1. The number of ether oxygens (including phenoxy) is 1. The zero-order valence-electron chi connectivity index (χ0n) is 12.1. The number of thiazole rings is 2. The van der Waals surface area contributed by atoms with Gasteiger partial charge in [0.2, 0.25) is 14.2 Å². The highest BCUT2D eigenvalue weighted by Gasteiger charge is 2.22. The summed E-state index contributed by atoms with van der Waals surface area (Å²) in [6.07, 6.45) is 0. The molecule has 0 bridgehead atoms. The quantitative estimate of drug-likeness (QED) is 0.704. The van der Waals surface area contributed by atoms with Gasteiger partial charge in [-0.2, -0.15) is 0 Å². The lowest BCUT2D eigenvalue weighted by Crippen LogP contribution is -2.05. The monoisotopic (exact) mass is 354 g/mol. The summed E-state index contributed by atoms with van der Waals surface area (Å²) in [4.78, 5) is 8.54. The van der Waals surface area contributed by atoms with Crippen LogP contribution in [0.1, 0.15) is 16.3 Å². The molecule has 0 spiro atoms. The zero-order valence-corrected chi connectivity index (χ0v) is 14.5. The molecule has 0 fully saturated rings. The Balaban J connectivity index is 1.89. The Bertz CT molecular complexity index is 912. The number of benzene rings is 1. The van der Waals surface area contributed by atoms with Crippen LogP contribution in [0.5, 0.6) is 0 Å². The van der Waals surface area contributed by atoms with Crippen LogP contribution in [0.4, 0.5) is 0 Å². The molecular weight excluding hydrogens is 340 g/mol. The Morgan fingerprint density at radius 1 is 1.27 bits per heavy atom. The van der Waals surface area contributed by atoms with Gasteiger partial charge in [0.05, 0.1) is 22.5 Å². The summed E-state index contributed by atoms with van der Waals surface area (Å²) in [5.41, 5.74) is 2.32. The highest BCUT2D eigenvalue weighted by atomic mass is 32.2. The predicted molar refractivity (Wildman–Crippen MR) is 88.1 cm³/mol. The number of fused-ring (bicyclic) bond motifs is 1. The third-order valence-corrected chi connectivity index (χ3v) is 7.01. The molecule has 3 aromatic rings. The van der Waals surface area contributed by atoms with Crippen molar-refractivity contribution in [2.75, 3.05) is 7.11 Å². The van der Waals surface area contributed by atoms with Crippen LogP contribution in [0.15, 0.2) is 27.9 Å². The summed E-state index contributed by atoms with van der Waals surface area (Å²) in [5, 5.41) is 2.52. The molecular formula is C14H14N2O3S3. The standard InChI is InChI=1S/C14H14N2O3S3/c1-9-3-4-12-11(5-9)16-14(21-12)22(17,18)8-10-7-20-13(15-10)6-19-2/h3-5,7H,6,8H2,1-2H3. The van der Waals surface area contributed by atoms with E-state index in [0.29, 0.717) is 12.3 Å². The Kier molecular flexibility index (Phi) is 4.26. The van der Waals surface area contributed by atoms with E-state index < -0.39 is 9.84 Å². The maximum atomic E-state index is 12.5. The normalized spacial score (nSPS) is 12.1. The minimum Gasteiger partial charge on any atom is -0.378 e. The van der Waals surface area contributed by atoms with Crippen LogP contribution in [0, 0.1) is 6.92 Å². The molecule has 1 aromatic carbocycles. The fourth-order valence-corrected chi connectivity index (χ4v) is 5.41. The first-order valence-corrected chi connectivity index (χ1v) is 9.85. The molecule has 0 radical (unpaired) electrons. The van der Waals surface area contributed by atoms with E-state index in [1.165, 1.54) is 22.7 Å². The van der Waals surface area contributed by atoms with E-state index in [0.717, 1.165) is 20.8 Å². The van der Waals surface area contributed by atoms with Crippen molar-refractivity contribution in [2.24, 2.45) is 0 Å². The lowest BCUT2D eigenvalue weighted by molar-refractivity contribution is 0.184. The second kappa shape index (κ2) is 6.04. The molecule has 0 saturated carbocycles. The largest absolute Gasteiger partial charge is 0.378 e. The maximum absolute atomic E-state index is 12.5. The van der Waals surface area contributed by atoms with Gasteiger partial charge in [-0.3, -0.25) is 0 Å². The molecule has 0 aliphatic rings. The molecule has 2 heterocycles. The van der Waals surface area contributed by atoms with E-state index >= 15 is 0 Å². The SMILES string of the molecule is COCc1nc(CS(=O)(=O)c2nc3cc(C)ccc3s2)cs1. The van der Waals surface area contributed by atoms with Gasteiger partial charge in [0, 0.05) is 12.5 Å². The number of rotatable bonds is 5. The molecule has 0 unspecified atom stereocenters. The molecule has 0 atom stereocenters. The van der Waals surface area contributed by atoms with Crippen LogP contribution in [0.3, 0.4) is 0 Å². The molecule has 116 valence electrons. The van der Waals surface area contributed by atoms with E-state index in [9.17, 15) is 8.42 Å². The minimum atomic E-state index is -3.48. The molecule has 0 aliphatic heterocycles. The first kappa shape index (κ1) is 15.5. The van der Waals surface area contributed by atoms with Crippen molar-refractivity contribution >= 4 is 42.7 Å². The zero-order chi connectivity index (χ0) is 15.7. The van der Waals surface area contributed by atoms with Crippen molar-refractivity contribution in [3.63, 3.8) is 0 Å². The van der Waals surface area contributed by atoms with Crippen LogP contribution in [0.2, 0.25) is 0 Å². The molecule has 5 nitrogen and oxygen atoms in total. The lowest BCUT2D eigenvalue weighted by atomic mass is 10.2. The van der Waals surface area contributed by atoms with E-state index in [4.69, 9.17) is 4.74 Å². The van der Waals surface area contributed by atoms with Crippen molar-refractivity contribution in [1.82, 2.24) is 9.97 Å². The molecule has 0 amide bonds. The van der Waals surface area contributed by atoms with Crippen molar-refractivity contribution in [3.8, 4) is 0 Å². The number of hydrogen-bond donors (Lipinski definition) is 0. The van der Waals surface area contributed by atoms with Crippen molar-refractivity contribution in [3.05, 3.63) is 39.8 Å². The molecule has 22 heavy (non-hydrogen) atoms. The summed E-state index contributed by atoms with van der Waals surface area (Å²) >= 11 is 2.60. The number of aromatic nitrogens is 2. The molecule has 0 N–H and O–H groups in total. The highest BCUT2D eigenvalue weighted by molar-refractivity contribution is 7.92. The van der Waals surface area contributed by atoms with Gasteiger partial charge in [0.1, 0.15) is 10.8 Å². The van der Waals surface area contributed by atoms with E-state index in [1.807, 2.05) is 25.1 Å². The summed E-state index contributed by atoms with van der Waals surface area (Å²) < 4.78 is 31.0. The van der Waals surface area contributed by atoms with E-state index in [2.05, 4.69) is 9.97 Å². The van der Waals surface area contributed by atoms with Gasteiger partial charge in [0.25, 0.3) is 0 Å². The number of methoxy groups -OCH3 is 1. The fraction of sp³-hybridized carbons (Fsp3) is 0.286. The predicted octanol–water partition coefficient (Wildman–Crippen LogP) is 3.18. The minimum absolute atomic E-state index is 0.133. The van der Waals surface area contributed by atoms with Crippen LogP contribution in [-0.2, 0) is 26.9 Å². The molecule has 3 rings (SSSR count). The maximum Gasteiger partial charge on any atom is 0.211 e. The van der Waals surface area contributed by atoms with E-state index in [-0.39, 0.29) is 10.1 Å². The molecule has 0 saturated heterocycles. The summed E-state index contributed by atoms with van der Waals surface area (Å²) in [7, 11) is -1.89. The van der Waals surface area contributed by atoms with Gasteiger partial charge in [-0.25, -0.2) is 18.4 Å². The van der Waals surface area contributed by atoms with Gasteiger partial charge in [-0.1, -0.05) is 6.07 Å². The van der Waals surface area contributed by atoms with Gasteiger partial charge >= 0.3 is 0 Å². The third kappa shape index (κ3) is 3.19. The Morgan fingerprint density at radius 2 is 2.09 bits per heavy atom. The Morgan fingerprint density at radius 3 is 2.86 bits per heavy atom. The molecule has 2 aromatic heterocycles. The van der Waals surface area contributed by atoms with Gasteiger partial charge in [0.15, 0.2) is 0 Å². The third-order valence-electron chi connectivity index (χ3n) is 2.99. The van der Waals surface area contributed by atoms with Crippen LogP contribution in [-0.4, -0.2) is 25.5 Å². The first-order chi connectivity index (χ1) is 10.5. The highest BCUT2D eigenvalue weighted by Crippen LogP contribution is 2.28. The van der Waals surface area contributed by atoms with Crippen molar-refractivity contribution < 1.29 is 13.2 Å². The van der Waals surface area contributed by atoms with Crippen LogP contribution in [0.25, 0.3) is 10.2 Å². The topological polar surface area (TPSA) is 69.2 Å². The summed E-state index contributed by atoms with van der Waals surface area (Å²) in [6.45, 7) is 2.35. The second-order valence-electron chi connectivity index (χ2n) is 4.88. The lowest BCUT2D eigenvalue weighted by Gasteiger charge is -1.97. The number of nitrogens with zero attached hydrogens (tertiary/aromatic N) is 2. The fourth-order valence-electron chi connectivity index (χ4n) is 2.01. The smallest absolute Gasteiger partial charge is 0.211 e. The Hall–Kier alpha value is -1.35. The number of sulfone groups is 1. The summed E-state index contributed by atoms with van der Waals surface area (Å²) in [6, 6.07) is 5.75.